The van der Waals surface area contributed by atoms with Crippen LogP contribution in [0.3, 0.4) is 0 Å². The van der Waals surface area contributed by atoms with E-state index >= 15 is 0 Å². The SMILES string of the molecule is CC(C)COCCCNC(=O)CNC(C)(C)C. The molecule has 0 fully saturated rings. The summed E-state index contributed by atoms with van der Waals surface area (Å²) < 4.78 is 5.42. The van der Waals surface area contributed by atoms with Gasteiger partial charge < -0.3 is 15.4 Å². The lowest BCUT2D eigenvalue weighted by molar-refractivity contribution is -0.120. The van der Waals surface area contributed by atoms with Gasteiger partial charge in [0, 0.05) is 25.3 Å². The minimum Gasteiger partial charge on any atom is -0.381 e. The van der Waals surface area contributed by atoms with Crippen LogP contribution in [0, 0.1) is 5.92 Å². The molecule has 0 aliphatic rings. The van der Waals surface area contributed by atoms with E-state index in [0.29, 0.717) is 25.6 Å². The van der Waals surface area contributed by atoms with Crippen LogP contribution in [-0.2, 0) is 9.53 Å². The average Bonchev–Trinajstić information content (AvgIpc) is 2.19. The van der Waals surface area contributed by atoms with Crippen LogP contribution in [0.5, 0.6) is 0 Å². The zero-order chi connectivity index (χ0) is 13.3. The van der Waals surface area contributed by atoms with Crippen LogP contribution >= 0.6 is 0 Å². The quantitative estimate of drug-likeness (QED) is 0.637. The van der Waals surface area contributed by atoms with Crippen LogP contribution in [0.25, 0.3) is 0 Å². The molecule has 0 spiro atoms. The molecule has 0 saturated carbocycles. The van der Waals surface area contributed by atoms with Crippen molar-refractivity contribution in [3.63, 3.8) is 0 Å². The molecule has 1 amide bonds. The van der Waals surface area contributed by atoms with Crippen molar-refractivity contribution in [2.75, 3.05) is 26.3 Å². The number of rotatable bonds is 8. The zero-order valence-electron chi connectivity index (χ0n) is 11.9. The normalized spacial score (nSPS) is 11.9. The van der Waals surface area contributed by atoms with Crippen molar-refractivity contribution in [1.29, 1.82) is 0 Å². The van der Waals surface area contributed by atoms with Crippen LogP contribution in [0.4, 0.5) is 0 Å². The highest BCUT2D eigenvalue weighted by molar-refractivity contribution is 5.78. The van der Waals surface area contributed by atoms with Gasteiger partial charge in [0.25, 0.3) is 0 Å². The second kappa shape index (κ2) is 8.48. The van der Waals surface area contributed by atoms with Crippen molar-refractivity contribution < 1.29 is 9.53 Å². The molecule has 0 aromatic heterocycles. The summed E-state index contributed by atoms with van der Waals surface area (Å²) >= 11 is 0. The van der Waals surface area contributed by atoms with E-state index in [-0.39, 0.29) is 11.4 Å². The molecule has 17 heavy (non-hydrogen) atoms. The van der Waals surface area contributed by atoms with Crippen molar-refractivity contribution >= 4 is 5.91 Å². The fourth-order valence-electron chi connectivity index (χ4n) is 1.13. The first kappa shape index (κ1) is 16.4. The Morgan fingerprint density at radius 2 is 1.94 bits per heavy atom. The molecule has 0 heterocycles. The Balaban J connectivity index is 3.34. The molecule has 0 saturated heterocycles. The molecule has 0 aliphatic heterocycles. The van der Waals surface area contributed by atoms with Crippen molar-refractivity contribution in [2.24, 2.45) is 5.92 Å². The van der Waals surface area contributed by atoms with E-state index in [1.807, 2.05) is 20.8 Å². The Bertz CT molecular complexity index is 210. The molecular formula is C13H28N2O2. The molecule has 0 aromatic carbocycles. The van der Waals surface area contributed by atoms with E-state index < -0.39 is 0 Å². The number of ether oxygens (including phenoxy) is 1. The fourth-order valence-corrected chi connectivity index (χ4v) is 1.13. The van der Waals surface area contributed by atoms with Crippen LogP contribution in [0.2, 0.25) is 0 Å². The summed E-state index contributed by atoms with van der Waals surface area (Å²) in [5.41, 5.74) is -0.0162. The smallest absolute Gasteiger partial charge is 0.233 e. The summed E-state index contributed by atoms with van der Waals surface area (Å²) in [6.07, 6.45) is 0.869. The maximum atomic E-state index is 11.4. The number of hydrogen-bond donors (Lipinski definition) is 2. The lowest BCUT2D eigenvalue weighted by Gasteiger charge is -2.20. The third-order valence-electron chi connectivity index (χ3n) is 2.02. The van der Waals surface area contributed by atoms with E-state index in [1.165, 1.54) is 0 Å². The zero-order valence-corrected chi connectivity index (χ0v) is 11.9. The van der Waals surface area contributed by atoms with E-state index in [0.717, 1.165) is 13.0 Å². The standard InChI is InChI=1S/C13H28N2O2/c1-11(2)10-17-8-6-7-14-12(16)9-15-13(3,4)5/h11,15H,6-10H2,1-5H3,(H,14,16). The van der Waals surface area contributed by atoms with Gasteiger partial charge in [-0.25, -0.2) is 0 Å². The molecule has 0 bridgehead atoms. The van der Waals surface area contributed by atoms with Crippen LogP contribution < -0.4 is 10.6 Å². The predicted octanol–water partition coefficient (Wildman–Crippen LogP) is 1.55. The van der Waals surface area contributed by atoms with Crippen LogP contribution in [0.15, 0.2) is 0 Å². The summed E-state index contributed by atoms with van der Waals surface area (Å²) in [6, 6.07) is 0. The molecule has 0 aliphatic carbocycles. The number of amides is 1. The first-order valence-electron chi connectivity index (χ1n) is 6.41. The average molecular weight is 244 g/mol. The van der Waals surface area contributed by atoms with E-state index in [4.69, 9.17) is 4.74 Å². The molecule has 0 rings (SSSR count). The second-order valence-corrected chi connectivity index (χ2v) is 5.78. The molecule has 4 nitrogen and oxygen atoms in total. The number of carbonyl (C=O) groups is 1. The molecule has 102 valence electrons. The fraction of sp³-hybridized carbons (Fsp3) is 0.923. The van der Waals surface area contributed by atoms with Crippen molar-refractivity contribution in [2.45, 2.75) is 46.6 Å². The lowest BCUT2D eigenvalue weighted by Crippen LogP contribution is -2.43. The Morgan fingerprint density at radius 3 is 2.47 bits per heavy atom. The first-order valence-corrected chi connectivity index (χ1v) is 6.41. The topological polar surface area (TPSA) is 50.4 Å². The minimum atomic E-state index is -0.0162. The van der Waals surface area contributed by atoms with Crippen LogP contribution in [0.1, 0.15) is 41.0 Å². The highest BCUT2D eigenvalue weighted by Crippen LogP contribution is 1.96. The van der Waals surface area contributed by atoms with E-state index in [2.05, 4.69) is 24.5 Å². The Labute approximate surface area is 105 Å². The van der Waals surface area contributed by atoms with Crippen molar-refractivity contribution in [3.8, 4) is 0 Å². The molecule has 0 unspecified atom stereocenters. The van der Waals surface area contributed by atoms with Gasteiger partial charge in [0.05, 0.1) is 6.54 Å². The molecule has 4 heteroatoms. The molecular weight excluding hydrogens is 216 g/mol. The molecule has 0 radical (unpaired) electrons. The maximum absolute atomic E-state index is 11.4. The van der Waals surface area contributed by atoms with Gasteiger partial charge in [0.15, 0.2) is 0 Å². The monoisotopic (exact) mass is 244 g/mol. The van der Waals surface area contributed by atoms with Crippen molar-refractivity contribution in [3.05, 3.63) is 0 Å². The first-order chi connectivity index (χ1) is 7.81. The number of nitrogens with one attached hydrogen (secondary N) is 2. The summed E-state index contributed by atoms with van der Waals surface area (Å²) in [4.78, 5) is 11.4. The highest BCUT2D eigenvalue weighted by atomic mass is 16.5. The molecule has 0 atom stereocenters. The van der Waals surface area contributed by atoms with Gasteiger partial charge in [-0.05, 0) is 33.1 Å². The van der Waals surface area contributed by atoms with Gasteiger partial charge in [0.1, 0.15) is 0 Å². The number of hydrogen-bond acceptors (Lipinski definition) is 3. The Kier molecular flexibility index (Phi) is 8.17. The summed E-state index contributed by atoms with van der Waals surface area (Å²) in [7, 11) is 0. The minimum absolute atomic E-state index is 0.0162. The van der Waals surface area contributed by atoms with E-state index in [1.54, 1.807) is 0 Å². The Hall–Kier alpha value is -0.610. The lowest BCUT2D eigenvalue weighted by atomic mass is 10.1. The molecule has 2 N–H and O–H groups in total. The summed E-state index contributed by atoms with van der Waals surface area (Å²) in [5, 5.41) is 6.01. The van der Waals surface area contributed by atoms with Gasteiger partial charge in [-0.3, -0.25) is 4.79 Å². The highest BCUT2D eigenvalue weighted by Gasteiger charge is 2.10. The predicted molar refractivity (Wildman–Crippen MR) is 71.0 cm³/mol. The van der Waals surface area contributed by atoms with Gasteiger partial charge in [-0.2, -0.15) is 0 Å². The van der Waals surface area contributed by atoms with Crippen molar-refractivity contribution in [1.82, 2.24) is 10.6 Å². The van der Waals surface area contributed by atoms with Gasteiger partial charge >= 0.3 is 0 Å². The largest absolute Gasteiger partial charge is 0.381 e. The van der Waals surface area contributed by atoms with Gasteiger partial charge in [0.2, 0.25) is 5.91 Å². The third kappa shape index (κ3) is 13.3. The molecule has 0 aromatic rings. The third-order valence-corrected chi connectivity index (χ3v) is 2.02. The Morgan fingerprint density at radius 1 is 1.29 bits per heavy atom. The summed E-state index contributed by atoms with van der Waals surface area (Å²) in [6.45, 7) is 12.9. The van der Waals surface area contributed by atoms with Crippen LogP contribution in [-0.4, -0.2) is 37.7 Å². The van der Waals surface area contributed by atoms with E-state index in [9.17, 15) is 4.79 Å². The maximum Gasteiger partial charge on any atom is 0.233 e. The summed E-state index contributed by atoms with van der Waals surface area (Å²) in [5.74, 6) is 0.615. The van der Waals surface area contributed by atoms with Gasteiger partial charge in [-0.15, -0.1) is 0 Å². The second-order valence-electron chi connectivity index (χ2n) is 5.78. The number of carbonyl (C=O) groups excluding carboxylic acids is 1. The van der Waals surface area contributed by atoms with Gasteiger partial charge in [-0.1, -0.05) is 13.8 Å².